The van der Waals surface area contributed by atoms with Crippen molar-refractivity contribution in [2.24, 2.45) is 0 Å². The van der Waals surface area contributed by atoms with Gasteiger partial charge in [0.1, 0.15) is 17.9 Å². The van der Waals surface area contributed by atoms with E-state index in [1.807, 2.05) is 19.1 Å². The number of fused-ring (bicyclic) bond motifs is 1. The van der Waals surface area contributed by atoms with E-state index in [2.05, 4.69) is 6.92 Å². The molecule has 0 saturated heterocycles. The predicted octanol–water partition coefficient (Wildman–Crippen LogP) is 6.48. The molecular weight excluding hydrogens is 444 g/mol. The number of benzene rings is 2. The summed E-state index contributed by atoms with van der Waals surface area (Å²) in [6, 6.07) is 7.09. The van der Waals surface area contributed by atoms with Crippen molar-refractivity contribution < 1.29 is 23.4 Å². The molecule has 0 aliphatic carbocycles. The van der Waals surface area contributed by atoms with Crippen molar-refractivity contribution in [1.82, 2.24) is 0 Å². The van der Waals surface area contributed by atoms with E-state index in [1.54, 1.807) is 33.5 Å². The van der Waals surface area contributed by atoms with Gasteiger partial charge in [-0.3, -0.25) is 0 Å². The fourth-order valence-electron chi connectivity index (χ4n) is 3.90. The molecule has 0 unspecified atom stereocenters. The SMILES string of the molecule is CCCCCCc1c(C)c2cc(Cl)c(OCc3cc(OC)c(OC)c(OC)c3)cc2oc1=O. The highest BCUT2D eigenvalue weighted by Crippen LogP contribution is 2.39. The zero-order valence-electron chi connectivity index (χ0n) is 19.9. The second-order valence-electron chi connectivity index (χ2n) is 7.90. The second-order valence-corrected chi connectivity index (χ2v) is 8.31. The van der Waals surface area contributed by atoms with Crippen LogP contribution in [0.2, 0.25) is 5.02 Å². The lowest BCUT2D eigenvalue weighted by Crippen LogP contribution is -2.10. The number of rotatable bonds is 11. The Bertz CT molecular complexity index is 1140. The van der Waals surface area contributed by atoms with Crippen LogP contribution in [0.15, 0.2) is 33.5 Å². The third-order valence-corrected chi connectivity index (χ3v) is 6.03. The fraction of sp³-hybridized carbons (Fsp3) is 0.423. The summed E-state index contributed by atoms with van der Waals surface area (Å²) in [6.07, 6.45) is 5.09. The average Bonchev–Trinajstić information content (AvgIpc) is 2.82. The van der Waals surface area contributed by atoms with Crippen molar-refractivity contribution >= 4 is 22.6 Å². The van der Waals surface area contributed by atoms with Crippen LogP contribution in [0, 0.1) is 6.92 Å². The van der Waals surface area contributed by atoms with Crippen molar-refractivity contribution in [1.29, 1.82) is 0 Å². The minimum atomic E-state index is -0.297. The summed E-state index contributed by atoms with van der Waals surface area (Å²) in [6.45, 7) is 4.32. The van der Waals surface area contributed by atoms with Crippen LogP contribution in [-0.2, 0) is 13.0 Å². The predicted molar refractivity (Wildman–Crippen MR) is 131 cm³/mol. The molecule has 0 radical (unpaired) electrons. The van der Waals surface area contributed by atoms with Crippen molar-refractivity contribution in [3.8, 4) is 23.0 Å². The maximum atomic E-state index is 12.6. The van der Waals surface area contributed by atoms with E-state index in [0.29, 0.717) is 40.0 Å². The first kappa shape index (κ1) is 24.8. The summed E-state index contributed by atoms with van der Waals surface area (Å²) >= 11 is 6.53. The number of ether oxygens (including phenoxy) is 4. The molecule has 3 rings (SSSR count). The highest BCUT2D eigenvalue weighted by molar-refractivity contribution is 6.32. The monoisotopic (exact) mass is 474 g/mol. The minimum Gasteiger partial charge on any atom is -0.493 e. The molecule has 0 fully saturated rings. The smallest absolute Gasteiger partial charge is 0.339 e. The van der Waals surface area contributed by atoms with Gasteiger partial charge in [-0.1, -0.05) is 37.8 Å². The molecule has 0 aliphatic rings. The summed E-state index contributed by atoms with van der Waals surface area (Å²) in [4.78, 5) is 12.6. The second kappa shape index (κ2) is 11.3. The molecule has 0 bridgehead atoms. The van der Waals surface area contributed by atoms with Gasteiger partial charge in [0.05, 0.1) is 26.4 Å². The van der Waals surface area contributed by atoms with Gasteiger partial charge in [0, 0.05) is 17.0 Å². The molecule has 178 valence electrons. The van der Waals surface area contributed by atoms with Gasteiger partial charge in [0.2, 0.25) is 5.75 Å². The molecule has 3 aromatic rings. The molecule has 0 amide bonds. The Morgan fingerprint density at radius 3 is 2.21 bits per heavy atom. The van der Waals surface area contributed by atoms with Gasteiger partial charge in [-0.05, 0) is 49.1 Å². The number of hydrogen-bond donors (Lipinski definition) is 0. The molecule has 0 saturated carbocycles. The maximum Gasteiger partial charge on any atom is 0.339 e. The molecule has 0 atom stereocenters. The molecule has 33 heavy (non-hydrogen) atoms. The van der Waals surface area contributed by atoms with Gasteiger partial charge in [-0.15, -0.1) is 0 Å². The lowest BCUT2D eigenvalue weighted by Gasteiger charge is -2.15. The Kier molecular flexibility index (Phi) is 8.50. The topological polar surface area (TPSA) is 67.1 Å². The third-order valence-electron chi connectivity index (χ3n) is 5.74. The molecule has 7 heteroatoms. The quantitative estimate of drug-likeness (QED) is 0.234. The van der Waals surface area contributed by atoms with Crippen LogP contribution in [0.4, 0.5) is 0 Å². The van der Waals surface area contributed by atoms with E-state index in [1.165, 1.54) is 0 Å². The van der Waals surface area contributed by atoms with Gasteiger partial charge < -0.3 is 23.4 Å². The maximum absolute atomic E-state index is 12.6. The molecular formula is C26H31ClO6. The zero-order chi connectivity index (χ0) is 24.0. The van der Waals surface area contributed by atoms with Crippen LogP contribution in [0.1, 0.15) is 49.3 Å². The average molecular weight is 475 g/mol. The van der Waals surface area contributed by atoms with Crippen LogP contribution >= 0.6 is 11.6 Å². The Labute approximate surface area is 199 Å². The highest BCUT2D eigenvalue weighted by atomic mass is 35.5. The molecule has 2 aromatic carbocycles. The number of halogens is 1. The standard InChI is InChI=1S/C26H31ClO6/c1-6-7-8-9-10-18-16(2)19-13-20(27)22(14-21(19)33-26(18)28)32-15-17-11-23(29-3)25(31-5)24(12-17)30-4/h11-14H,6-10,15H2,1-5H3. The zero-order valence-corrected chi connectivity index (χ0v) is 20.6. The molecule has 0 aliphatic heterocycles. The summed E-state index contributed by atoms with van der Waals surface area (Å²) in [5.41, 5.74) is 2.60. The van der Waals surface area contributed by atoms with Gasteiger partial charge in [0.25, 0.3) is 0 Å². The van der Waals surface area contributed by atoms with Gasteiger partial charge in [0.15, 0.2) is 11.5 Å². The summed E-state index contributed by atoms with van der Waals surface area (Å²) in [7, 11) is 4.67. The molecule has 0 N–H and O–H groups in total. The number of unbranched alkanes of at least 4 members (excludes halogenated alkanes) is 3. The lowest BCUT2D eigenvalue weighted by atomic mass is 10.0. The highest BCUT2D eigenvalue weighted by Gasteiger charge is 2.16. The molecule has 1 heterocycles. The van der Waals surface area contributed by atoms with Crippen LogP contribution in [0.5, 0.6) is 23.0 Å². The van der Waals surface area contributed by atoms with E-state index in [-0.39, 0.29) is 12.2 Å². The van der Waals surface area contributed by atoms with E-state index in [4.69, 9.17) is 35.0 Å². The first-order chi connectivity index (χ1) is 15.9. The van der Waals surface area contributed by atoms with Gasteiger partial charge >= 0.3 is 5.63 Å². The van der Waals surface area contributed by atoms with Crippen LogP contribution in [0.25, 0.3) is 11.0 Å². The van der Waals surface area contributed by atoms with Gasteiger partial charge in [-0.25, -0.2) is 4.79 Å². The number of methoxy groups -OCH3 is 3. The van der Waals surface area contributed by atoms with Crippen LogP contribution in [-0.4, -0.2) is 21.3 Å². The first-order valence-corrected chi connectivity index (χ1v) is 11.5. The van der Waals surface area contributed by atoms with Crippen molar-refractivity contribution in [3.63, 3.8) is 0 Å². The normalized spacial score (nSPS) is 11.0. The summed E-state index contributed by atoms with van der Waals surface area (Å²) in [5, 5.41) is 1.27. The van der Waals surface area contributed by atoms with Crippen LogP contribution in [0.3, 0.4) is 0 Å². The van der Waals surface area contributed by atoms with E-state index < -0.39 is 0 Å². The Balaban J connectivity index is 1.86. The van der Waals surface area contributed by atoms with Crippen molar-refractivity contribution in [3.05, 3.63) is 56.4 Å². The Morgan fingerprint density at radius 2 is 1.61 bits per heavy atom. The summed E-state index contributed by atoms with van der Waals surface area (Å²) in [5.74, 6) is 2.01. The summed E-state index contributed by atoms with van der Waals surface area (Å²) < 4.78 is 27.7. The van der Waals surface area contributed by atoms with Crippen molar-refractivity contribution in [2.75, 3.05) is 21.3 Å². The van der Waals surface area contributed by atoms with E-state index in [9.17, 15) is 4.79 Å². The molecule has 6 nitrogen and oxygen atoms in total. The molecule has 0 spiro atoms. The number of aryl methyl sites for hydroxylation is 1. The van der Waals surface area contributed by atoms with E-state index >= 15 is 0 Å². The fourth-order valence-corrected chi connectivity index (χ4v) is 4.12. The third kappa shape index (κ3) is 5.56. The molecule has 1 aromatic heterocycles. The lowest BCUT2D eigenvalue weighted by molar-refractivity contribution is 0.298. The Hall–Kier alpha value is -2.86. The number of hydrogen-bond acceptors (Lipinski definition) is 6. The first-order valence-electron chi connectivity index (χ1n) is 11.1. The Morgan fingerprint density at radius 1 is 0.909 bits per heavy atom. The minimum absolute atomic E-state index is 0.209. The van der Waals surface area contributed by atoms with E-state index in [0.717, 1.165) is 47.8 Å². The van der Waals surface area contributed by atoms with Crippen molar-refractivity contribution in [2.45, 2.75) is 52.6 Å². The van der Waals surface area contributed by atoms with Gasteiger partial charge in [-0.2, -0.15) is 0 Å². The van der Waals surface area contributed by atoms with Crippen LogP contribution < -0.4 is 24.6 Å². The largest absolute Gasteiger partial charge is 0.493 e.